The van der Waals surface area contributed by atoms with Gasteiger partial charge in [0.1, 0.15) is 11.6 Å². The number of carbonyl (C=O) groups is 1. The van der Waals surface area contributed by atoms with Gasteiger partial charge in [-0.2, -0.15) is 5.10 Å². The predicted molar refractivity (Wildman–Crippen MR) is 77.3 cm³/mol. The minimum absolute atomic E-state index is 0.299. The number of anilines is 1. The molecule has 1 N–H and O–H groups in total. The first kappa shape index (κ1) is 12.6. The van der Waals surface area contributed by atoms with Gasteiger partial charge in [-0.25, -0.2) is 14.3 Å². The Labute approximate surface area is 122 Å². The van der Waals surface area contributed by atoms with Crippen LogP contribution in [0.3, 0.4) is 0 Å². The van der Waals surface area contributed by atoms with E-state index in [9.17, 15) is 9.90 Å². The highest BCUT2D eigenvalue weighted by Gasteiger charge is 2.46. The molecular formula is C15H18N4O2. The van der Waals surface area contributed by atoms with E-state index in [4.69, 9.17) is 0 Å². The Morgan fingerprint density at radius 2 is 2.14 bits per heavy atom. The third-order valence-electron chi connectivity index (χ3n) is 4.92. The molecule has 2 aromatic rings. The summed E-state index contributed by atoms with van der Waals surface area (Å²) in [6, 6.07) is 1.73. The minimum atomic E-state index is -0.743. The summed E-state index contributed by atoms with van der Waals surface area (Å²) in [5, 5.41) is 13.9. The van der Waals surface area contributed by atoms with Crippen molar-refractivity contribution < 1.29 is 9.90 Å². The van der Waals surface area contributed by atoms with Crippen LogP contribution in [0.2, 0.25) is 0 Å². The predicted octanol–water partition coefficient (Wildman–Crippen LogP) is 1.95. The summed E-state index contributed by atoms with van der Waals surface area (Å²) in [6.07, 6.45) is 10.5. The molecule has 0 spiro atoms. The van der Waals surface area contributed by atoms with Crippen molar-refractivity contribution in [1.82, 2.24) is 14.6 Å². The quantitative estimate of drug-likeness (QED) is 0.913. The fraction of sp³-hybridized carbons (Fsp3) is 0.533. The van der Waals surface area contributed by atoms with Gasteiger partial charge in [0, 0.05) is 18.4 Å². The Balaban J connectivity index is 1.83. The molecule has 1 aliphatic carbocycles. The molecule has 6 nitrogen and oxygen atoms in total. The normalized spacial score (nSPS) is 28.8. The van der Waals surface area contributed by atoms with Gasteiger partial charge < -0.3 is 10.0 Å². The second-order valence-corrected chi connectivity index (χ2v) is 6.02. The number of hydrogen-bond donors (Lipinski definition) is 1. The molecule has 2 aromatic heterocycles. The van der Waals surface area contributed by atoms with Gasteiger partial charge in [0.2, 0.25) is 0 Å². The van der Waals surface area contributed by atoms with E-state index >= 15 is 0 Å². The highest BCUT2D eigenvalue weighted by atomic mass is 16.4. The molecule has 0 amide bonds. The highest BCUT2D eigenvalue weighted by molar-refractivity contribution is 5.82. The maximum Gasteiger partial charge on any atom is 0.326 e. The zero-order valence-electron chi connectivity index (χ0n) is 11.7. The summed E-state index contributed by atoms with van der Waals surface area (Å²) in [4.78, 5) is 18.2. The van der Waals surface area contributed by atoms with Crippen molar-refractivity contribution >= 4 is 17.3 Å². The van der Waals surface area contributed by atoms with Gasteiger partial charge in [-0.3, -0.25) is 0 Å². The lowest BCUT2D eigenvalue weighted by molar-refractivity contribution is -0.138. The van der Waals surface area contributed by atoms with Crippen LogP contribution in [0.5, 0.6) is 0 Å². The summed E-state index contributed by atoms with van der Waals surface area (Å²) in [6.45, 7) is 0. The number of carboxylic acid groups (broad SMARTS) is 1. The Hall–Kier alpha value is -2.11. The number of hydrogen-bond acceptors (Lipinski definition) is 4. The van der Waals surface area contributed by atoms with Crippen molar-refractivity contribution in [2.45, 2.75) is 44.2 Å². The molecular weight excluding hydrogens is 268 g/mol. The Morgan fingerprint density at radius 1 is 1.29 bits per heavy atom. The fourth-order valence-electron chi connectivity index (χ4n) is 4.03. The van der Waals surface area contributed by atoms with Crippen LogP contribution in [0.4, 0.5) is 5.82 Å². The van der Waals surface area contributed by atoms with Crippen molar-refractivity contribution in [3.63, 3.8) is 0 Å². The molecule has 0 bridgehead atoms. The standard InChI is InChI=1S/C15H18N4O2/c20-15(21)13-9-10-3-1-2-4-11(10)19(13)14-12-5-6-17-18(12)8-7-16-14/h5-8,10-11,13H,1-4,9H2,(H,20,21). The Morgan fingerprint density at radius 3 is 3.00 bits per heavy atom. The van der Waals surface area contributed by atoms with Gasteiger partial charge in [-0.05, 0) is 31.2 Å². The molecule has 6 heteroatoms. The lowest BCUT2D eigenvalue weighted by Crippen LogP contribution is -2.43. The minimum Gasteiger partial charge on any atom is -0.480 e. The van der Waals surface area contributed by atoms with Crippen molar-refractivity contribution in [2.75, 3.05) is 4.90 Å². The summed E-state index contributed by atoms with van der Waals surface area (Å²) in [5.74, 6) is 0.495. The second-order valence-electron chi connectivity index (χ2n) is 6.02. The largest absolute Gasteiger partial charge is 0.480 e. The second kappa shape index (κ2) is 4.72. The van der Waals surface area contributed by atoms with E-state index in [0.717, 1.165) is 30.6 Å². The first-order chi connectivity index (χ1) is 10.3. The number of nitrogens with zero attached hydrogens (tertiary/aromatic N) is 4. The molecule has 1 saturated carbocycles. The summed E-state index contributed by atoms with van der Waals surface area (Å²) in [7, 11) is 0. The van der Waals surface area contributed by atoms with Crippen molar-refractivity contribution in [3.05, 3.63) is 24.7 Å². The lowest BCUT2D eigenvalue weighted by Gasteiger charge is -2.34. The van der Waals surface area contributed by atoms with Crippen molar-refractivity contribution in [1.29, 1.82) is 0 Å². The van der Waals surface area contributed by atoms with E-state index in [1.807, 2.05) is 11.0 Å². The smallest absolute Gasteiger partial charge is 0.326 e. The number of aromatic nitrogens is 3. The third-order valence-corrected chi connectivity index (χ3v) is 4.92. The third kappa shape index (κ3) is 1.89. The van der Waals surface area contributed by atoms with Gasteiger partial charge in [-0.1, -0.05) is 12.8 Å². The average Bonchev–Trinajstić information content (AvgIpc) is 3.11. The first-order valence-corrected chi connectivity index (χ1v) is 7.55. The van der Waals surface area contributed by atoms with Gasteiger partial charge in [0.15, 0.2) is 5.82 Å². The van der Waals surface area contributed by atoms with Crippen molar-refractivity contribution in [2.24, 2.45) is 5.92 Å². The lowest BCUT2D eigenvalue weighted by atomic mass is 9.85. The van der Waals surface area contributed by atoms with E-state index in [2.05, 4.69) is 10.1 Å². The van der Waals surface area contributed by atoms with E-state index < -0.39 is 12.0 Å². The Kier molecular flexibility index (Phi) is 2.83. The fourth-order valence-corrected chi connectivity index (χ4v) is 4.03. The zero-order valence-corrected chi connectivity index (χ0v) is 11.7. The van der Waals surface area contributed by atoms with Gasteiger partial charge in [0.05, 0.1) is 6.20 Å². The number of aliphatic carboxylic acids is 1. The van der Waals surface area contributed by atoms with Crippen LogP contribution < -0.4 is 4.90 Å². The molecule has 3 atom stereocenters. The summed E-state index contributed by atoms with van der Waals surface area (Å²) >= 11 is 0. The average molecular weight is 286 g/mol. The maximum absolute atomic E-state index is 11.7. The van der Waals surface area contributed by atoms with Crippen LogP contribution >= 0.6 is 0 Å². The van der Waals surface area contributed by atoms with E-state index in [-0.39, 0.29) is 0 Å². The number of carboxylic acids is 1. The first-order valence-electron chi connectivity index (χ1n) is 7.55. The molecule has 4 rings (SSSR count). The van der Waals surface area contributed by atoms with Gasteiger partial charge in [0.25, 0.3) is 0 Å². The molecule has 1 aliphatic heterocycles. The van der Waals surface area contributed by atoms with Crippen LogP contribution in [0, 0.1) is 5.92 Å². The maximum atomic E-state index is 11.7. The molecule has 21 heavy (non-hydrogen) atoms. The van der Waals surface area contributed by atoms with Crippen LogP contribution in [0.15, 0.2) is 24.7 Å². The summed E-state index contributed by atoms with van der Waals surface area (Å²) in [5.41, 5.74) is 0.884. The number of fused-ring (bicyclic) bond motifs is 2. The van der Waals surface area contributed by atoms with Crippen LogP contribution in [-0.2, 0) is 4.79 Å². The van der Waals surface area contributed by atoms with Crippen LogP contribution in [0.1, 0.15) is 32.1 Å². The molecule has 3 heterocycles. The van der Waals surface area contributed by atoms with Gasteiger partial charge >= 0.3 is 5.97 Å². The van der Waals surface area contributed by atoms with Crippen LogP contribution in [-0.4, -0.2) is 37.8 Å². The SMILES string of the molecule is O=C(O)C1CC2CCCCC2N1c1nccn2nccc12. The van der Waals surface area contributed by atoms with E-state index in [0.29, 0.717) is 12.0 Å². The Bertz CT molecular complexity index is 683. The zero-order chi connectivity index (χ0) is 14.4. The highest BCUT2D eigenvalue weighted by Crippen LogP contribution is 2.42. The van der Waals surface area contributed by atoms with Crippen molar-refractivity contribution in [3.8, 4) is 0 Å². The van der Waals surface area contributed by atoms with E-state index in [1.54, 1.807) is 23.1 Å². The molecule has 0 aromatic carbocycles. The van der Waals surface area contributed by atoms with Gasteiger partial charge in [-0.15, -0.1) is 0 Å². The van der Waals surface area contributed by atoms with E-state index in [1.165, 1.54) is 12.8 Å². The molecule has 0 radical (unpaired) electrons. The topological polar surface area (TPSA) is 70.7 Å². The monoisotopic (exact) mass is 286 g/mol. The molecule has 110 valence electrons. The summed E-state index contributed by atoms with van der Waals surface area (Å²) < 4.78 is 1.76. The number of rotatable bonds is 2. The molecule has 3 unspecified atom stereocenters. The molecule has 2 fully saturated rings. The molecule has 2 aliphatic rings. The van der Waals surface area contributed by atoms with Crippen LogP contribution in [0.25, 0.3) is 5.52 Å². The molecule has 1 saturated heterocycles.